The minimum atomic E-state index is 0.908. The average Bonchev–Trinajstić information content (AvgIpc) is 3.85. The van der Waals surface area contributed by atoms with Crippen LogP contribution in [0.3, 0.4) is 0 Å². The predicted octanol–water partition coefficient (Wildman–Crippen LogP) is 16.7. The van der Waals surface area contributed by atoms with Crippen LogP contribution in [0.5, 0.6) is 0 Å². The minimum Gasteiger partial charge on any atom is -0.456 e. The van der Waals surface area contributed by atoms with Crippen molar-refractivity contribution in [3.8, 4) is 33.4 Å². The normalized spacial score (nSPS) is 12.1. The highest BCUT2D eigenvalue weighted by Gasteiger charge is 2.22. The second kappa shape index (κ2) is 12.1. The van der Waals surface area contributed by atoms with E-state index in [4.69, 9.17) is 4.42 Å². The Labute approximate surface area is 337 Å². The Balaban J connectivity index is 1.18. The zero-order valence-corrected chi connectivity index (χ0v) is 32.1. The van der Waals surface area contributed by atoms with Crippen molar-refractivity contribution in [3.63, 3.8) is 0 Å². The topological polar surface area (TPSA) is 13.1 Å². The molecule has 0 spiro atoms. The van der Waals surface area contributed by atoms with Crippen LogP contribution in [0.4, 0.5) is 0 Å². The third-order valence-corrected chi connectivity index (χ3v) is 13.6. The first-order valence-corrected chi connectivity index (χ1v) is 20.7. The Hall–Kier alpha value is -7.26. The van der Waals surface area contributed by atoms with E-state index < -0.39 is 0 Å². The molecule has 0 aliphatic heterocycles. The molecule has 0 atom stereocenters. The van der Waals surface area contributed by atoms with Gasteiger partial charge in [-0.2, -0.15) is 0 Å². The molecule has 0 unspecified atom stereocenters. The molecular weight excluding hydrogens is 721 g/mol. The van der Waals surface area contributed by atoms with E-state index in [0.717, 1.165) is 16.6 Å². The fraction of sp³-hybridized carbons (Fsp3) is 0. The molecule has 0 fully saturated rings. The van der Waals surface area contributed by atoms with Gasteiger partial charge in [0.05, 0.1) is 0 Å². The van der Waals surface area contributed by atoms with Gasteiger partial charge in [0.2, 0.25) is 0 Å². The summed E-state index contributed by atoms with van der Waals surface area (Å²) in [6, 6.07) is 71.7. The van der Waals surface area contributed by atoms with Crippen molar-refractivity contribution in [1.29, 1.82) is 0 Å². The van der Waals surface area contributed by atoms with Crippen LogP contribution < -0.4 is 0 Å². The first kappa shape index (κ1) is 31.9. The predicted molar refractivity (Wildman–Crippen MR) is 250 cm³/mol. The number of fused-ring (bicyclic) bond motifs is 13. The molecule has 0 amide bonds. The zero-order chi connectivity index (χ0) is 37.9. The van der Waals surface area contributed by atoms with Crippen molar-refractivity contribution < 1.29 is 4.42 Å². The molecular formula is C56H32OS. The summed E-state index contributed by atoms with van der Waals surface area (Å²) in [4.78, 5) is 0. The van der Waals surface area contributed by atoms with E-state index in [2.05, 4.69) is 194 Å². The molecule has 2 heterocycles. The van der Waals surface area contributed by atoms with Crippen LogP contribution >= 0.6 is 11.3 Å². The molecule has 1 nitrogen and oxygen atoms in total. The van der Waals surface area contributed by atoms with E-state index in [1.807, 2.05) is 11.3 Å². The molecule has 58 heavy (non-hydrogen) atoms. The molecule has 0 bridgehead atoms. The van der Waals surface area contributed by atoms with Gasteiger partial charge in [-0.3, -0.25) is 0 Å². The van der Waals surface area contributed by atoms with Crippen LogP contribution in [0.1, 0.15) is 0 Å². The van der Waals surface area contributed by atoms with Crippen LogP contribution in [0, 0.1) is 0 Å². The summed E-state index contributed by atoms with van der Waals surface area (Å²) in [6.07, 6.45) is 0. The van der Waals surface area contributed by atoms with E-state index in [1.165, 1.54) is 113 Å². The molecule has 2 heteroatoms. The van der Waals surface area contributed by atoms with Gasteiger partial charge < -0.3 is 4.42 Å². The number of furan rings is 1. The van der Waals surface area contributed by atoms with Crippen molar-refractivity contribution in [1.82, 2.24) is 0 Å². The molecule has 13 aromatic rings. The second-order valence-corrected chi connectivity index (χ2v) is 16.6. The van der Waals surface area contributed by atoms with Gasteiger partial charge >= 0.3 is 0 Å². The third-order valence-electron chi connectivity index (χ3n) is 12.4. The van der Waals surface area contributed by atoms with Gasteiger partial charge in [-0.05, 0) is 130 Å². The van der Waals surface area contributed by atoms with Crippen LogP contribution in [0.2, 0.25) is 0 Å². The monoisotopic (exact) mass is 752 g/mol. The van der Waals surface area contributed by atoms with Gasteiger partial charge in [0, 0.05) is 30.9 Å². The molecule has 268 valence electrons. The summed E-state index contributed by atoms with van der Waals surface area (Å²) in [6.45, 7) is 0. The number of hydrogen-bond donors (Lipinski definition) is 0. The minimum absolute atomic E-state index is 0.908. The molecule has 0 saturated heterocycles. The lowest BCUT2D eigenvalue weighted by molar-refractivity contribution is 0.669. The lowest BCUT2D eigenvalue weighted by Crippen LogP contribution is -1.93. The summed E-state index contributed by atoms with van der Waals surface area (Å²) in [5.74, 6) is 0. The second-order valence-electron chi connectivity index (χ2n) is 15.5. The van der Waals surface area contributed by atoms with Crippen LogP contribution in [0.15, 0.2) is 199 Å². The maximum Gasteiger partial charge on any atom is 0.136 e. The van der Waals surface area contributed by atoms with E-state index in [-0.39, 0.29) is 0 Å². The van der Waals surface area contributed by atoms with Gasteiger partial charge in [0.15, 0.2) is 0 Å². The Bertz CT molecular complexity index is 3860. The third kappa shape index (κ3) is 4.52. The highest BCUT2D eigenvalue weighted by atomic mass is 32.1. The van der Waals surface area contributed by atoms with E-state index in [0.29, 0.717) is 0 Å². The smallest absolute Gasteiger partial charge is 0.136 e. The summed E-state index contributed by atoms with van der Waals surface area (Å²) in [5, 5.41) is 17.4. The van der Waals surface area contributed by atoms with Gasteiger partial charge in [0.25, 0.3) is 0 Å². The zero-order valence-electron chi connectivity index (χ0n) is 31.3. The van der Waals surface area contributed by atoms with Crippen molar-refractivity contribution in [3.05, 3.63) is 194 Å². The summed E-state index contributed by atoms with van der Waals surface area (Å²) < 4.78 is 9.20. The molecule has 0 saturated carbocycles. The summed E-state index contributed by atoms with van der Waals surface area (Å²) in [7, 11) is 0. The maximum absolute atomic E-state index is 6.62. The summed E-state index contributed by atoms with van der Waals surface area (Å²) >= 11 is 1.85. The Morgan fingerprint density at radius 2 is 0.914 bits per heavy atom. The van der Waals surface area contributed by atoms with Crippen LogP contribution in [-0.2, 0) is 0 Å². The number of benzene rings is 11. The maximum atomic E-state index is 6.62. The van der Waals surface area contributed by atoms with E-state index in [1.54, 1.807) is 0 Å². The lowest BCUT2D eigenvalue weighted by Gasteiger charge is -2.20. The quantitative estimate of drug-likeness (QED) is 0.129. The van der Waals surface area contributed by atoms with Crippen molar-refractivity contribution in [2.75, 3.05) is 0 Å². The van der Waals surface area contributed by atoms with Gasteiger partial charge in [-0.1, -0.05) is 152 Å². The molecule has 2 aromatic heterocycles. The highest BCUT2D eigenvalue weighted by Crippen LogP contribution is 2.49. The fourth-order valence-electron chi connectivity index (χ4n) is 9.92. The number of rotatable bonds is 3. The van der Waals surface area contributed by atoms with Gasteiger partial charge in [-0.25, -0.2) is 0 Å². The first-order chi connectivity index (χ1) is 28.8. The van der Waals surface area contributed by atoms with Gasteiger partial charge in [0.1, 0.15) is 11.2 Å². The Kier molecular flexibility index (Phi) is 6.66. The fourth-order valence-corrected chi connectivity index (χ4v) is 11.0. The van der Waals surface area contributed by atoms with E-state index in [9.17, 15) is 0 Å². The first-order valence-electron chi connectivity index (χ1n) is 19.9. The summed E-state index contributed by atoms with van der Waals surface area (Å²) in [5.41, 5.74) is 9.21. The lowest BCUT2D eigenvalue weighted by atomic mass is 9.82. The molecule has 0 aliphatic rings. The van der Waals surface area contributed by atoms with Crippen molar-refractivity contribution in [2.45, 2.75) is 0 Å². The molecule has 11 aromatic carbocycles. The Morgan fingerprint density at radius 3 is 1.78 bits per heavy atom. The molecule has 0 N–H and O–H groups in total. The van der Waals surface area contributed by atoms with Crippen molar-refractivity contribution in [2.24, 2.45) is 0 Å². The standard InChI is InChI=1S/C56H32OS/c1-3-15-37-33(12-1)14-11-22-38(37)35-24-26-44-47(31-35)53(36-25-27-49-48(32-36)55-50(57-49)28-29-52-56(55)45-21-9-10-23-51(45)58-52)42-19-7-8-20-43(42)54(44)46-30-34-13-2-4-16-39(34)40-17-5-6-18-41(40)46/h1-32H. The number of thiophene rings is 1. The van der Waals surface area contributed by atoms with E-state index >= 15 is 0 Å². The van der Waals surface area contributed by atoms with Gasteiger partial charge in [-0.15, -0.1) is 11.3 Å². The molecule has 0 radical (unpaired) electrons. The van der Waals surface area contributed by atoms with Crippen LogP contribution in [0.25, 0.3) is 129 Å². The average molecular weight is 753 g/mol. The number of hydrogen-bond acceptors (Lipinski definition) is 2. The SMILES string of the molecule is c1ccc2c(-c3ccc4c(-c5cc6ccccc6c6ccccc56)c5ccccc5c(-c5ccc6oc7ccc8sc9ccccc9c8c7c6c5)c4c3)cccc2c1. The highest BCUT2D eigenvalue weighted by molar-refractivity contribution is 7.26. The largest absolute Gasteiger partial charge is 0.456 e. The Morgan fingerprint density at radius 1 is 0.293 bits per heavy atom. The van der Waals surface area contributed by atoms with Crippen molar-refractivity contribution >= 4 is 107 Å². The van der Waals surface area contributed by atoms with Crippen LogP contribution in [-0.4, -0.2) is 0 Å². The molecule has 0 aliphatic carbocycles. The molecule has 13 rings (SSSR count).